The Morgan fingerprint density at radius 1 is 1.19 bits per heavy atom. The van der Waals surface area contributed by atoms with Crippen LogP contribution in [0.25, 0.3) is 0 Å². The first-order valence-electron chi connectivity index (χ1n) is 6.49. The van der Waals surface area contributed by atoms with Crippen LogP contribution >= 0.6 is 11.6 Å². The van der Waals surface area contributed by atoms with Crippen molar-refractivity contribution in [1.82, 2.24) is 5.32 Å². The molecule has 0 saturated heterocycles. The van der Waals surface area contributed by atoms with Gasteiger partial charge >= 0.3 is 0 Å². The number of rotatable bonds is 5. The van der Waals surface area contributed by atoms with Gasteiger partial charge in [-0.05, 0) is 48.9 Å². The minimum atomic E-state index is -0.407. The SMILES string of the molecule is CNC(Cc1ccc(OC)c(F)c1)c1ccc(F)cc1Cl. The van der Waals surface area contributed by atoms with Crippen molar-refractivity contribution in [1.29, 1.82) is 0 Å². The second kappa shape index (κ2) is 6.87. The molecule has 0 aliphatic carbocycles. The van der Waals surface area contributed by atoms with Gasteiger partial charge in [0.15, 0.2) is 11.6 Å². The minimum absolute atomic E-state index is 0.133. The van der Waals surface area contributed by atoms with Crippen LogP contribution in [0.15, 0.2) is 36.4 Å². The summed E-state index contributed by atoms with van der Waals surface area (Å²) in [5, 5.41) is 3.46. The van der Waals surface area contributed by atoms with E-state index in [1.807, 2.05) is 0 Å². The van der Waals surface area contributed by atoms with Gasteiger partial charge in [-0.25, -0.2) is 8.78 Å². The lowest BCUT2D eigenvalue weighted by Crippen LogP contribution is -2.19. The molecule has 2 rings (SSSR count). The van der Waals surface area contributed by atoms with Gasteiger partial charge in [-0.1, -0.05) is 23.7 Å². The Morgan fingerprint density at radius 2 is 1.95 bits per heavy atom. The molecule has 0 radical (unpaired) electrons. The lowest BCUT2D eigenvalue weighted by Gasteiger charge is -2.18. The van der Waals surface area contributed by atoms with Crippen molar-refractivity contribution in [2.75, 3.05) is 14.2 Å². The zero-order valence-electron chi connectivity index (χ0n) is 11.8. The third kappa shape index (κ3) is 3.71. The van der Waals surface area contributed by atoms with E-state index >= 15 is 0 Å². The van der Waals surface area contributed by atoms with Gasteiger partial charge < -0.3 is 10.1 Å². The van der Waals surface area contributed by atoms with E-state index in [1.54, 1.807) is 25.2 Å². The molecule has 0 fully saturated rings. The summed E-state index contributed by atoms with van der Waals surface area (Å²) in [6, 6.07) is 8.95. The molecule has 21 heavy (non-hydrogen) atoms. The Morgan fingerprint density at radius 3 is 2.52 bits per heavy atom. The summed E-state index contributed by atoms with van der Waals surface area (Å²) in [6.07, 6.45) is 0.531. The molecule has 0 heterocycles. The van der Waals surface area contributed by atoms with Crippen LogP contribution < -0.4 is 10.1 Å². The molecule has 0 saturated carbocycles. The van der Waals surface area contributed by atoms with Crippen LogP contribution in [0.2, 0.25) is 5.02 Å². The van der Waals surface area contributed by atoms with Crippen LogP contribution in [-0.4, -0.2) is 14.2 Å². The number of hydrogen-bond acceptors (Lipinski definition) is 2. The van der Waals surface area contributed by atoms with Crippen LogP contribution in [0.5, 0.6) is 5.75 Å². The van der Waals surface area contributed by atoms with Crippen molar-refractivity contribution in [3.63, 3.8) is 0 Å². The molecule has 5 heteroatoms. The van der Waals surface area contributed by atoms with Crippen molar-refractivity contribution < 1.29 is 13.5 Å². The molecule has 1 unspecified atom stereocenters. The van der Waals surface area contributed by atoms with Crippen LogP contribution in [0.4, 0.5) is 8.78 Å². The highest BCUT2D eigenvalue weighted by atomic mass is 35.5. The van der Waals surface area contributed by atoms with E-state index in [2.05, 4.69) is 5.32 Å². The maximum atomic E-state index is 13.7. The van der Waals surface area contributed by atoms with Crippen LogP contribution in [-0.2, 0) is 6.42 Å². The Balaban J connectivity index is 2.24. The maximum absolute atomic E-state index is 13.7. The number of benzene rings is 2. The van der Waals surface area contributed by atoms with E-state index in [0.29, 0.717) is 11.4 Å². The molecule has 112 valence electrons. The second-order valence-electron chi connectivity index (χ2n) is 4.68. The Bertz CT molecular complexity index is 634. The van der Waals surface area contributed by atoms with Crippen molar-refractivity contribution in [2.24, 2.45) is 0 Å². The minimum Gasteiger partial charge on any atom is -0.494 e. The summed E-state index contributed by atoms with van der Waals surface area (Å²) in [5.74, 6) is -0.580. The third-order valence-electron chi connectivity index (χ3n) is 3.34. The molecular weight excluding hydrogens is 296 g/mol. The van der Waals surface area contributed by atoms with E-state index in [1.165, 1.54) is 25.3 Å². The fraction of sp³-hybridized carbons (Fsp3) is 0.250. The van der Waals surface area contributed by atoms with Crippen LogP contribution in [0.1, 0.15) is 17.2 Å². The fourth-order valence-corrected chi connectivity index (χ4v) is 2.52. The Hall–Kier alpha value is -1.65. The summed E-state index contributed by atoms with van der Waals surface area (Å²) in [4.78, 5) is 0. The quantitative estimate of drug-likeness (QED) is 0.896. The van der Waals surface area contributed by atoms with Crippen molar-refractivity contribution in [3.05, 3.63) is 64.2 Å². The zero-order valence-corrected chi connectivity index (χ0v) is 12.5. The fourth-order valence-electron chi connectivity index (χ4n) is 2.22. The van der Waals surface area contributed by atoms with Gasteiger partial charge in [0, 0.05) is 11.1 Å². The molecule has 0 aliphatic heterocycles. The second-order valence-corrected chi connectivity index (χ2v) is 5.09. The number of ether oxygens (including phenoxy) is 1. The average molecular weight is 312 g/mol. The van der Waals surface area contributed by atoms with Gasteiger partial charge in [0.25, 0.3) is 0 Å². The highest BCUT2D eigenvalue weighted by Gasteiger charge is 2.15. The predicted molar refractivity (Wildman–Crippen MR) is 79.9 cm³/mol. The topological polar surface area (TPSA) is 21.3 Å². The molecule has 2 aromatic rings. The molecule has 0 amide bonds. The van der Waals surface area contributed by atoms with E-state index in [9.17, 15) is 8.78 Å². The molecule has 2 aromatic carbocycles. The first kappa shape index (κ1) is 15.7. The number of methoxy groups -OCH3 is 1. The number of nitrogens with one attached hydrogen (secondary N) is 1. The molecule has 0 aliphatic rings. The Kier molecular flexibility index (Phi) is 5.15. The summed E-state index contributed by atoms with van der Waals surface area (Å²) < 4.78 is 31.7. The van der Waals surface area contributed by atoms with Gasteiger partial charge in [0.1, 0.15) is 5.82 Å². The maximum Gasteiger partial charge on any atom is 0.165 e. The lowest BCUT2D eigenvalue weighted by atomic mass is 9.98. The molecule has 2 nitrogen and oxygen atoms in total. The van der Waals surface area contributed by atoms with Gasteiger partial charge in [-0.3, -0.25) is 0 Å². The molecular formula is C16H16ClF2NO. The number of halogens is 3. The Labute approximate surface area is 127 Å². The number of hydrogen-bond donors (Lipinski definition) is 1. The average Bonchev–Trinajstić information content (AvgIpc) is 2.45. The summed E-state index contributed by atoms with van der Waals surface area (Å²) >= 11 is 6.07. The normalized spacial score (nSPS) is 12.2. The smallest absolute Gasteiger partial charge is 0.165 e. The van der Waals surface area contributed by atoms with E-state index in [4.69, 9.17) is 16.3 Å². The van der Waals surface area contributed by atoms with Crippen LogP contribution in [0, 0.1) is 11.6 Å². The first-order valence-corrected chi connectivity index (χ1v) is 6.87. The predicted octanol–water partition coefficient (Wildman–Crippen LogP) is 4.13. The lowest BCUT2D eigenvalue weighted by molar-refractivity contribution is 0.386. The standard InChI is InChI=1S/C16H16ClF2NO/c1-20-15(12-5-4-11(18)9-13(12)17)8-10-3-6-16(21-2)14(19)7-10/h3-7,9,15,20H,8H2,1-2H3. The van der Waals surface area contributed by atoms with Gasteiger partial charge in [0.2, 0.25) is 0 Å². The van der Waals surface area contributed by atoms with Gasteiger partial charge in [-0.15, -0.1) is 0 Å². The van der Waals surface area contributed by atoms with Gasteiger partial charge in [-0.2, -0.15) is 0 Å². The van der Waals surface area contributed by atoms with E-state index in [0.717, 1.165) is 11.1 Å². The van der Waals surface area contributed by atoms with Crippen LogP contribution in [0.3, 0.4) is 0 Å². The monoisotopic (exact) mass is 311 g/mol. The summed E-state index contributed by atoms with van der Waals surface area (Å²) in [6.45, 7) is 0. The van der Waals surface area contributed by atoms with Gasteiger partial charge in [0.05, 0.1) is 7.11 Å². The van der Waals surface area contributed by atoms with Crippen molar-refractivity contribution >= 4 is 11.6 Å². The summed E-state index contributed by atoms with van der Waals surface area (Å²) in [7, 11) is 3.21. The first-order chi connectivity index (χ1) is 10.0. The molecule has 0 aromatic heterocycles. The number of likely N-dealkylation sites (N-methyl/N-ethyl adjacent to an activating group) is 1. The van der Waals surface area contributed by atoms with E-state index < -0.39 is 5.82 Å². The molecule has 1 N–H and O–H groups in total. The summed E-state index contributed by atoms with van der Waals surface area (Å²) in [5.41, 5.74) is 1.57. The largest absolute Gasteiger partial charge is 0.494 e. The zero-order chi connectivity index (χ0) is 15.4. The highest BCUT2D eigenvalue weighted by Crippen LogP contribution is 2.27. The molecule has 0 bridgehead atoms. The molecule has 0 spiro atoms. The molecule has 1 atom stereocenters. The van der Waals surface area contributed by atoms with Crippen molar-refractivity contribution in [3.8, 4) is 5.75 Å². The third-order valence-corrected chi connectivity index (χ3v) is 3.67. The highest BCUT2D eigenvalue weighted by molar-refractivity contribution is 6.31. The van der Waals surface area contributed by atoms with E-state index in [-0.39, 0.29) is 17.6 Å². The van der Waals surface area contributed by atoms with Crippen molar-refractivity contribution in [2.45, 2.75) is 12.5 Å².